The highest BCUT2D eigenvalue weighted by molar-refractivity contribution is 9.11. The van der Waals surface area contributed by atoms with Gasteiger partial charge in [0, 0.05) is 6.20 Å². The van der Waals surface area contributed by atoms with Gasteiger partial charge in [-0.2, -0.15) is 0 Å². The van der Waals surface area contributed by atoms with Crippen LogP contribution < -0.4 is 0 Å². The Kier molecular flexibility index (Phi) is 2.22. The zero-order valence-corrected chi connectivity index (χ0v) is 10.5. The number of halogens is 1. The molecule has 0 fully saturated rings. The van der Waals surface area contributed by atoms with Crippen LogP contribution in [0.5, 0.6) is 5.75 Å². The van der Waals surface area contributed by atoms with E-state index in [9.17, 15) is 5.11 Å². The number of aromatic hydroxyl groups is 1. The van der Waals surface area contributed by atoms with Gasteiger partial charge in [-0.3, -0.25) is 4.40 Å². The van der Waals surface area contributed by atoms with E-state index in [1.807, 2.05) is 22.7 Å². The van der Waals surface area contributed by atoms with Crippen LogP contribution in [0.4, 0.5) is 0 Å². The summed E-state index contributed by atoms with van der Waals surface area (Å²) in [6.07, 6.45) is 3.57. The average Bonchev–Trinajstić information content (AvgIpc) is 2.84. The molecule has 3 nitrogen and oxygen atoms in total. The van der Waals surface area contributed by atoms with Crippen LogP contribution in [-0.2, 0) is 0 Å². The van der Waals surface area contributed by atoms with Crippen molar-refractivity contribution in [2.75, 3.05) is 0 Å². The number of imidazole rings is 1. The Bertz CT molecular complexity index is 659. The van der Waals surface area contributed by atoms with Crippen LogP contribution in [0, 0.1) is 0 Å². The number of fused-ring (bicyclic) bond motifs is 1. The number of nitrogens with zero attached hydrogens (tertiary/aromatic N) is 2. The number of pyridine rings is 1. The van der Waals surface area contributed by atoms with E-state index < -0.39 is 0 Å². The number of thiophene rings is 1. The van der Waals surface area contributed by atoms with Crippen molar-refractivity contribution in [3.63, 3.8) is 0 Å². The fourth-order valence-electron chi connectivity index (χ4n) is 1.62. The molecule has 0 saturated heterocycles. The SMILES string of the molecule is Oc1cccn2c(-c3ccc(Br)s3)ncc12. The predicted octanol–water partition coefficient (Wildman–Crippen LogP) is 3.53. The normalized spacial score (nSPS) is 11.1. The molecule has 0 aliphatic heterocycles. The fourth-order valence-corrected chi connectivity index (χ4v) is 3.00. The second kappa shape index (κ2) is 3.61. The van der Waals surface area contributed by atoms with Crippen LogP contribution in [0.25, 0.3) is 16.2 Å². The van der Waals surface area contributed by atoms with E-state index >= 15 is 0 Å². The van der Waals surface area contributed by atoms with E-state index in [-0.39, 0.29) is 5.75 Å². The first kappa shape index (κ1) is 9.86. The van der Waals surface area contributed by atoms with Crippen molar-refractivity contribution in [1.82, 2.24) is 9.38 Å². The summed E-state index contributed by atoms with van der Waals surface area (Å²) in [6.45, 7) is 0. The third-order valence-electron chi connectivity index (χ3n) is 2.34. The van der Waals surface area contributed by atoms with Gasteiger partial charge in [-0.05, 0) is 40.2 Å². The molecule has 16 heavy (non-hydrogen) atoms. The van der Waals surface area contributed by atoms with Gasteiger partial charge in [-0.25, -0.2) is 4.98 Å². The summed E-state index contributed by atoms with van der Waals surface area (Å²) in [7, 11) is 0. The van der Waals surface area contributed by atoms with Gasteiger partial charge in [-0.15, -0.1) is 11.3 Å². The number of rotatable bonds is 1. The molecule has 3 aromatic heterocycles. The lowest BCUT2D eigenvalue weighted by Crippen LogP contribution is -1.86. The molecule has 0 aliphatic rings. The van der Waals surface area contributed by atoms with Gasteiger partial charge in [0.2, 0.25) is 0 Å². The highest BCUT2D eigenvalue weighted by Gasteiger charge is 2.10. The standard InChI is InChI=1S/C11H7BrN2OS/c12-10-4-3-9(16-10)11-13-6-7-8(15)2-1-5-14(7)11/h1-6,15H. The summed E-state index contributed by atoms with van der Waals surface area (Å²) in [5.74, 6) is 1.10. The van der Waals surface area contributed by atoms with Crippen molar-refractivity contribution in [1.29, 1.82) is 0 Å². The molecule has 1 N–H and O–H groups in total. The highest BCUT2D eigenvalue weighted by Crippen LogP contribution is 2.32. The van der Waals surface area contributed by atoms with Crippen molar-refractivity contribution in [3.05, 3.63) is 40.4 Å². The van der Waals surface area contributed by atoms with Gasteiger partial charge < -0.3 is 5.11 Å². The van der Waals surface area contributed by atoms with Gasteiger partial charge in [-0.1, -0.05) is 0 Å². The molecular weight excluding hydrogens is 288 g/mol. The molecule has 3 aromatic rings. The molecule has 0 aliphatic carbocycles. The molecule has 0 atom stereocenters. The van der Waals surface area contributed by atoms with Crippen molar-refractivity contribution >= 4 is 32.8 Å². The summed E-state index contributed by atoms with van der Waals surface area (Å²) in [6, 6.07) is 7.46. The number of aromatic nitrogens is 2. The van der Waals surface area contributed by atoms with Crippen molar-refractivity contribution < 1.29 is 5.11 Å². The fraction of sp³-hybridized carbons (Fsp3) is 0. The van der Waals surface area contributed by atoms with Gasteiger partial charge in [0.15, 0.2) is 5.82 Å². The van der Waals surface area contributed by atoms with Crippen LogP contribution in [-0.4, -0.2) is 14.5 Å². The first-order valence-corrected chi connectivity index (χ1v) is 6.27. The number of hydrogen-bond acceptors (Lipinski definition) is 3. The van der Waals surface area contributed by atoms with Gasteiger partial charge in [0.05, 0.1) is 14.9 Å². The van der Waals surface area contributed by atoms with Gasteiger partial charge in [0.1, 0.15) is 11.3 Å². The minimum atomic E-state index is 0.247. The van der Waals surface area contributed by atoms with E-state index in [2.05, 4.69) is 20.9 Å². The lowest BCUT2D eigenvalue weighted by Gasteiger charge is -1.99. The maximum Gasteiger partial charge on any atom is 0.154 e. The molecule has 0 aromatic carbocycles. The molecule has 0 unspecified atom stereocenters. The molecule has 80 valence electrons. The van der Waals surface area contributed by atoms with Crippen LogP contribution in [0.2, 0.25) is 0 Å². The molecule has 5 heteroatoms. The lowest BCUT2D eigenvalue weighted by atomic mass is 10.4. The topological polar surface area (TPSA) is 37.5 Å². The van der Waals surface area contributed by atoms with Crippen LogP contribution in [0.15, 0.2) is 40.4 Å². The molecule has 3 heterocycles. The van der Waals surface area contributed by atoms with Crippen LogP contribution in [0.3, 0.4) is 0 Å². The second-order valence-corrected chi connectivity index (χ2v) is 5.80. The van der Waals surface area contributed by atoms with Crippen LogP contribution in [0.1, 0.15) is 0 Å². The first-order valence-electron chi connectivity index (χ1n) is 4.66. The highest BCUT2D eigenvalue weighted by atomic mass is 79.9. The molecule has 0 bridgehead atoms. The second-order valence-electron chi connectivity index (χ2n) is 3.33. The third-order valence-corrected chi connectivity index (χ3v) is 3.96. The van der Waals surface area contributed by atoms with Crippen molar-refractivity contribution in [2.45, 2.75) is 0 Å². The Morgan fingerprint density at radius 1 is 1.31 bits per heavy atom. The molecule has 3 rings (SSSR count). The van der Waals surface area contributed by atoms with Crippen molar-refractivity contribution in [3.8, 4) is 16.5 Å². The maximum absolute atomic E-state index is 9.67. The van der Waals surface area contributed by atoms with Crippen molar-refractivity contribution in [2.24, 2.45) is 0 Å². The summed E-state index contributed by atoms with van der Waals surface area (Å²) in [5, 5.41) is 9.67. The first-order chi connectivity index (χ1) is 7.75. The zero-order chi connectivity index (χ0) is 11.1. The monoisotopic (exact) mass is 294 g/mol. The summed E-state index contributed by atoms with van der Waals surface area (Å²) in [5.41, 5.74) is 0.724. The van der Waals surface area contributed by atoms with Gasteiger partial charge >= 0.3 is 0 Å². The summed E-state index contributed by atoms with van der Waals surface area (Å²) >= 11 is 5.05. The number of hydrogen-bond donors (Lipinski definition) is 1. The third kappa shape index (κ3) is 1.44. The van der Waals surface area contributed by atoms with E-state index in [4.69, 9.17) is 0 Å². The Labute approximate surface area is 104 Å². The van der Waals surface area contributed by atoms with E-state index in [0.717, 1.165) is 20.0 Å². The Morgan fingerprint density at radius 2 is 2.19 bits per heavy atom. The smallest absolute Gasteiger partial charge is 0.154 e. The molecule has 0 radical (unpaired) electrons. The van der Waals surface area contributed by atoms with E-state index in [1.54, 1.807) is 29.7 Å². The molecule has 0 saturated carbocycles. The Hall–Kier alpha value is -1.33. The lowest BCUT2D eigenvalue weighted by molar-refractivity contribution is 0.479. The minimum Gasteiger partial charge on any atom is -0.506 e. The zero-order valence-electron chi connectivity index (χ0n) is 8.09. The van der Waals surface area contributed by atoms with Gasteiger partial charge in [0.25, 0.3) is 0 Å². The molecular formula is C11H7BrN2OS. The Morgan fingerprint density at radius 3 is 2.94 bits per heavy atom. The maximum atomic E-state index is 9.67. The van der Waals surface area contributed by atoms with Crippen LogP contribution >= 0.6 is 27.3 Å². The Balaban J connectivity index is 2.29. The summed E-state index contributed by atoms with van der Waals surface area (Å²) < 4.78 is 2.95. The molecule has 0 spiro atoms. The quantitative estimate of drug-likeness (QED) is 0.745. The molecule has 0 amide bonds. The average molecular weight is 295 g/mol. The largest absolute Gasteiger partial charge is 0.506 e. The predicted molar refractivity (Wildman–Crippen MR) is 67.9 cm³/mol. The van der Waals surface area contributed by atoms with E-state index in [0.29, 0.717) is 0 Å². The minimum absolute atomic E-state index is 0.247. The summed E-state index contributed by atoms with van der Waals surface area (Å²) in [4.78, 5) is 5.40. The van der Waals surface area contributed by atoms with E-state index in [1.165, 1.54) is 0 Å².